The van der Waals surface area contributed by atoms with Gasteiger partial charge in [-0.05, 0) is 38.0 Å². The van der Waals surface area contributed by atoms with Gasteiger partial charge in [-0.2, -0.15) is 0 Å². The molecule has 1 saturated carbocycles. The van der Waals surface area contributed by atoms with Crippen molar-refractivity contribution in [1.82, 2.24) is 5.32 Å². The lowest BCUT2D eigenvalue weighted by molar-refractivity contribution is -0.118. The van der Waals surface area contributed by atoms with Gasteiger partial charge in [0.2, 0.25) is 5.91 Å². The van der Waals surface area contributed by atoms with Crippen LogP contribution in [-0.4, -0.2) is 30.3 Å². The van der Waals surface area contributed by atoms with Gasteiger partial charge in [-0.25, -0.2) is 0 Å². The molecule has 0 aromatic heterocycles. The first kappa shape index (κ1) is 15.6. The van der Waals surface area contributed by atoms with Crippen molar-refractivity contribution in [2.24, 2.45) is 0 Å². The highest BCUT2D eigenvalue weighted by Crippen LogP contribution is 2.21. The van der Waals surface area contributed by atoms with Crippen LogP contribution in [0.5, 0.6) is 5.75 Å². The van der Waals surface area contributed by atoms with Crippen LogP contribution in [0.2, 0.25) is 0 Å². The Labute approximate surface area is 125 Å². The molecule has 4 heteroatoms. The lowest BCUT2D eigenvalue weighted by Gasteiger charge is -2.27. The lowest BCUT2D eigenvalue weighted by Crippen LogP contribution is -2.44. The van der Waals surface area contributed by atoms with E-state index in [2.05, 4.69) is 5.32 Å². The highest BCUT2D eigenvalue weighted by molar-refractivity contribution is 5.92. The van der Waals surface area contributed by atoms with E-state index in [0.717, 1.165) is 42.6 Å². The molecule has 114 valence electrons. The van der Waals surface area contributed by atoms with E-state index in [9.17, 15) is 9.90 Å². The average Bonchev–Trinajstić information content (AvgIpc) is 2.48. The van der Waals surface area contributed by atoms with Gasteiger partial charge in [-0.3, -0.25) is 4.79 Å². The highest BCUT2D eigenvalue weighted by Gasteiger charge is 2.23. The summed E-state index contributed by atoms with van der Waals surface area (Å²) in [5.41, 5.74) is 1.98. The predicted molar refractivity (Wildman–Crippen MR) is 83.2 cm³/mol. The van der Waals surface area contributed by atoms with Crippen molar-refractivity contribution in [2.75, 3.05) is 7.11 Å². The maximum absolute atomic E-state index is 12.0. The molecule has 0 spiro atoms. The minimum Gasteiger partial charge on any atom is -0.496 e. The van der Waals surface area contributed by atoms with Gasteiger partial charge in [-0.15, -0.1) is 0 Å². The van der Waals surface area contributed by atoms with Gasteiger partial charge in [0.1, 0.15) is 5.75 Å². The van der Waals surface area contributed by atoms with Crippen molar-refractivity contribution in [1.29, 1.82) is 0 Å². The molecule has 2 unspecified atom stereocenters. The number of aliphatic hydroxyl groups is 1. The first-order chi connectivity index (χ1) is 10.1. The average molecular weight is 289 g/mol. The molecule has 0 aliphatic heterocycles. The van der Waals surface area contributed by atoms with Crippen molar-refractivity contribution in [3.63, 3.8) is 0 Å². The van der Waals surface area contributed by atoms with E-state index in [0.29, 0.717) is 0 Å². The number of carbonyl (C=O) groups is 1. The standard InChI is InChI=1S/C17H23NO3/c1-12-7-9-16(21-2)13(11-12)8-10-17(20)18-14-5-3-4-6-15(14)19/h7-11,14-15,19H,3-6H2,1-2H3,(H,18,20). The third kappa shape index (κ3) is 4.33. The number of ether oxygens (including phenoxy) is 1. The molecule has 0 radical (unpaired) electrons. The summed E-state index contributed by atoms with van der Waals surface area (Å²) in [6, 6.07) is 5.69. The lowest BCUT2D eigenvalue weighted by atomic mass is 9.92. The fourth-order valence-corrected chi connectivity index (χ4v) is 2.66. The summed E-state index contributed by atoms with van der Waals surface area (Å²) < 4.78 is 5.28. The molecule has 1 aromatic rings. The quantitative estimate of drug-likeness (QED) is 0.837. The summed E-state index contributed by atoms with van der Waals surface area (Å²) in [5, 5.41) is 12.7. The molecule has 2 atom stereocenters. The van der Waals surface area contributed by atoms with E-state index in [1.165, 1.54) is 6.08 Å². The Morgan fingerprint density at radius 3 is 2.86 bits per heavy atom. The summed E-state index contributed by atoms with van der Waals surface area (Å²) in [6.07, 6.45) is 6.51. The number of carbonyl (C=O) groups excluding carboxylic acids is 1. The second kappa shape index (κ2) is 7.27. The molecule has 1 fully saturated rings. The Morgan fingerprint density at radius 1 is 1.38 bits per heavy atom. The minimum absolute atomic E-state index is 0.129. The van der Waals surface area contributed by atoms with E-state index in [1.807, 2.05) is 25.1 Å². The summed E-state index contributed by atoms with van der Waals surface area (Å²) in [7, 11) is 1.61. The number of rotatable bonds is 4. The first-order valence-corrected chi connectivity index (χ1v) is 7.41. The second-order valence-electron chi connectivity index (χ2n) is 5.55. The number of aliphatic hydroxyl groups excluding tert-OH is 1. The Bertz CT molecular complexity index is 525. The second-order valence-corrected chi connectivity index (χ2v) is 5.55. The number of methoxy groups -OCH3 is 1. The molecular formula is C17H23NO3. The molecule has 0 saturated heterocycles. The third-order valence-corrected chi connectivity index (χ3v) is 3.86. The highest BCUT2D eigenvalue weighted by atomic mass is 16.5. The number of aryl methyl sites for hydroxylation is 1. The molecule has 0 bridgehead atoms. The first-order valence-electron chi connectivity index (χ1n) is 7.41. The van der Waals surface area contributed by atoms with Crippen LogP contribution >= 0.6 is 0 Å². The van der Waals surface area contributed by atoms with Gasteiger partial charge in [0, 0.05) is 11.6 Å². The number of nitrogens with one attached hydrogen (secondary N) is 1. The maximum atomic E-state index is 12.0. The fraction of sp³-hybridized carbons (Fsp3) is 0.471. The van der Waals surface area contributed by atoms with E-state index in [4.69, 9.17) is 4.74 Å². The van der Waals surface area contributed by atoms with E-state index in [1.54, 1.807) is 13.2 Å². The number of hydrogen-bond donors (Lipinski definition) is 2. The van der Waals surface area contributed by atoms with Gasteiger partial charge in [-0.1, -0.05) is 24.5 Å². The molecule has 0 heterocycles. The summed E-state index contributed by atoms with van der Waals surface area (Å²) >= 11 is 0. The van der Waals surface area contributed by atoms with Crippen molar-refractivity contribution >= 4 is 12.0 Å². The van der Waals surface area contributed by atoms with E-state index < -0.39 is 6.10 Å². The zero-order chi connectivity index (χ0) is 15.2. The Hall–Kier alpha value is -1.81. The van der Waals surface area contributed by atoms with Crippen LogP contribution in [0.15, 0.2) is 24.3 Å². The SMILES string of the molecule is COc1ccc(C)cc1C=CC(=O)NC1CCCCC1O. The fourth-order valence-electron chi connectivity index (χ4n) is 2.66. The molecular weight excluding hydrogens is 266 g/mol. The van der Waals surface area contributed by atoms with Gasteiger partial charge >= 0.3 is 0 Å². The van der Waals surface area contributed by atoms with Gasteiger partial charge in [0.15, 0.2) is 0 Å². The zero-order valence-corrected chi connectivity index (χ0v) is 12.6. The predicted octanol–water partition coefficient (Wildman–Crippen LogP) is 2.44. The Kier molecular flexibility index (Phi) is 5.39. The smallest absolute Gasteiger partial charge is 0.244 e. The van der Waals surface area contributed by atoms with Crippen LogP contribution < -0.4 is 10.1 Å². The molecule has 2 rings (SSSR count). The summed E-state index contributed by atoms with van der Waals surface area (Å²) in [5.74, 6) is 0.562. The topological polar surface area (TPSA) is 58.6 Å². The van der Waals surface area contributed by atoms with Crippen LogP contribution in [0, 0.1) is 6.92 Å². The third-order valence-electron chi connectivity index (χ3n) is 3.86. The van der Waals surface area contributed by atoms with Crippen LogP contribution in [0.1, 0.15) is 36.8 Å². The van der Waals surface area contributed by atoms with E-state index in [-0.39, 0.29) is 11.9 Å². The molecule has 1 amide bonds. The molecule has 2 N–H and O–H groups in total. The number of hydrogen-bond acceptors (Lipinski definition) is 3. The molecule has 1 aromatic carbocycles. The van der Waals surface area contributed by atoms with Gasteiger partial charge in [0.05, 0.1) is 19.3 Å². The van der Waals surface area contributed by atoms with Crippen molar-refractivity contribution in [3.05, 3.63) is 35.4 Å². The van der Waals surface area contributed by atoms with Gasteiger partial charge in [0.25, 0.3) is 0 Å². The zero-order valence-electron chi connectivity index (χ0n) is 12.6. The van der Waals surface area contributed by atoms with Crippen LogP contribution in [0.25, 0.3) is 6.08 Å². The van der Waals surface area contributed by atoms with Crippen LogP contribution in [0.4, 0.5) is 0 Å². The molecule has 4 nitrogen and oxygen atoms in total. The summed E-state index contributed by atoms with van der Waals surface area (Å²) in [4.78, 5) is 12.0. The maximum Gasteiger partial charge on any atom is 0.244 e. The number of amides is 1. The van der Waals surface area contributed by atoms with Crippen molar-refractivity contribution < 1.29 is 14.6 Å². The molecule has 1 aliphatic carbocycles. The molecule has 1 aliphatic rings. The Balaban J connectivity index is 2.00. The van der Waals surface area contributed by atoms with Crippen molar-refractivity contribution in [3.8, 4) is 5.75 Å². The van der Waals surface area contributed by atoms with Crippen molar-refractivity contribution in [2.45, 2.75) is 44.8 Å². The monoisotopic (exact) mass is 289 g/mol. The van der Waals surface area contributed by atoms with Crippen LogP contribution in [-0.2, 0) is 4.79 Å². The Morgan fingerprint density at radius 2 is 2.14 bits per heavy atom. The minimum atomic E-state index is -0.426. The van der Waals surface area contributed by atoms with E-state index >= 15 is 0 Å². The summed E-state index contributed by atoms with van der Waals surface area (Å²) in [6.45, 7) is 2.00. The van der Waals surface area contributed by atoms with Gasteiger partial charge < -0.3 is 15.2 Å². The number of benzene rings is 1. The largest absolute Gasteiger partial charge is 0.496 e. The normalized spacial score (nSPS) is 22.2. The van der Waals surface area contributed by atoms with Crippen LogP contribution in [0.3, 0.4) is 0 Å². The molecule has 21 heavy (non-hydrogen) atoms.